The zero-order valence-electron chi connectivity index (χ0n) is 26.6. The number of hydrogen-bond donors (Lipinski definition) is 2. The highest BCUT2D eigenvalue weighted by molar-refractivity contribution is 5.96. The summed E-state index contributed by atoms with van der Waals surface area (Å²) in [4.78, 5) is 69.7. The van der Waals surface area contributed by atoms with Crippen LogP contribution in [-0.2, 0) is 28.7 Å². The molecule has 1 aliphatic heterocycles. The third-order valence-electron chi connectivity index (χ3n) is 7.88. The maximum atomic E-state index is 13.6. The number of nitrogens with one attached hydrogen (secondary N) is 1. The molecular weight excluding hydrogens is 602 g/mol. The summed E-state index contributed by atoms with van der Waals surface area (Å²) in [5.74, 6) is -2.67. The lowest BCUT2D eigenvalue weighted by Gasteiger charge is -2.38. The fourth-order valence-electron chi connectivity index (χ4n) is 5.20. The molecule has 2 N–H and O–H groups in total. The summed E-state index contributed by atoms with van der Waals surface area (Å²) >= 11 is 0. The van der Waals surface area contributed by atoms with Crippen molar-refractivity contribution in [3.05, 3.63) is 41.1 Å². The smallest absolute Gasteiger partial charge is 0.481 e. The number of rotatable bonds is 13. The summed E-state index contributed by atoms with van der Waals surface area (Å²) < 4.78 is 17.8. The average molecular weight is 644 g/mol. The monoisotopic (exact) mass is 643 g/mol. The van der Waals surface area contributed by atoms with Crippen LogP contribution < -0.4 is 10.1 Å². The van der Waals surface area contributed by atoms with Gasteiger partial charge in [-0.05, 0) is 70.6 Å². The number of amides is 2. The Balaban J connectivity index is 1.57. The summed E-state index contributed by atoms with van der Waals surface area (Å²) in [5.41, 5.74) is 1.11. The van der Waals surface area contributed by atoms with Gasteiger partial charge in [0.15, 0.2) is 5.69 Å². The molecule has 0 bridgehead atoms. The van der Waals surface area contributed by atoms with Crippen LogP contribution >= 0.6 is 0 Å². The molecule has 4 rings (SSSR count). The number of hydroxylamine groups is 2. The van der Waals surface area contributed by atoms with Crippen molar-refractivity contribution in [2.75, 3.05) is 39.4 Å². The lowest BCUT2D eigenvalue weighted by molar-refractivity contribution is -0.170. The van der Waals surface area contributed by atoms with Crippen molar-refractivity contribution in [2.45, 2.75) is 71.4 Å². The first kappa shape index (κ1) is 34.2. The van der Waals surface area contributed by atoms with Crippen molar-refractivity contribution >= 4 is 29.9 Å². The third kappa shape index (κ3) is 8.13. The number of esters is 1. The quantitative estimate of drug-likeness (QED) is 0.305. The van der Waals surface area contributed by atoms with Gasteiger partial charge in [-0.25, -0.2) is 9.59 Å². The van der Waals surface area contributed by atoms with Gasteiger partial charge in [0.25, 0.3) is 5.91 Å². The SMILES string of the molecule is CCOC(=O)ON1CCN(C(=O)[C@H](CCC(=O)O)NC(=O)c2cc(OC3(C(=O)OCC)CCC3)n(-c3cc(C)ccc3C)n2)CC1. The Morgan fingerprint density at radius 3 is 2.30 bits per heavy atom. The van der Waals surface area contributed by atoms with Crippen LogP contribution in [0.4, 0.5) is 4.79 Å². The average Bonchev–Trinajstić information content (AvgIpc) is 3.42. The highest BCUT2D eigenvalue weighted by Gasteiger charge is 2.49. The van der Waals surface area contributed by atoms with E-state index in [0.29, 0.717) is 18.5 Å². The minimum absolute atomic E-state index is 0.0879. The molecule has 2 heterocycles. The van der Waals surface area contributed by atoms with Gasteiger partial charge in [0.2, 0.25) is 17.4 Å². The number of aliphatic carboxylic acids is 1. The van der Waals surface area contributed by atoms with Gasteiger partial charge < -0.3 is 34.4 Å². The fourth-order valence-corrected chi connectivity index (χ4v) is 5.20. The lowest BCUT2D eigenvalue weighted by atomic mass is 9.80. The summed E-state index contributed by atoms with van der Waals surface area (Å²) in [7, 11) is 0. The molecule has 2 fully saturated rings. The second-order valence-corrected chi connectivity index (χ2v) is 11.2. The second-order valence-electron chi connectivity index (χ2n) is 11.2. The van der Waals surface area contributed by atoms with E-state index in [1.165, 1.54) is 20.7 Å². The normalized spacial score (nSPS) is 16.5. The number of aryl methyl sites for hydroxylation is 2. The molecule has 0 unspecified atom stereocenters. The van der Waals surface area contributed by atoms with Gasteiger partial charge in [-0.3, -0.25) is 14.4 Å². The van der Waals surface area contributed by atoms with Gasteiger partial charge in [0.1, 0.15) is 6.04 Å². The van der Waals surface area contributed by atoms with Crippen molar-refractivity contribution < 1.29 is 48.1 Å². The van der Waals surface area contributed by atoms with E-state index in [2.05, 4.69) is 10.4 Å². The summed E-state index contributed by atoms with van der Waals surface area (Å²) in [5, 5.41) is 17.9. The van der Waals surface area contributed by atoms with E-state index in [-0.39, 0.29) is 63.8 Å². The minimum atomic E-state index is -1.21. The van der Waals surface area contributed by atoms with E-state index in [4.69, 9.17) is 19.0 Å². The molecule has 1 aliphatic carbocycles. The molecule has 1 atom stereocenters. The maximum absolute atomic E-state index is 13.6. The molecule has 1 saturated heterocycles. The molecule has 2 amide bonds. The first-order chi connectivity index (χ1) is 22.0. The number of hydrogen-bond acceptors (Lipinski definition) is 11. The van der Waals surface area contributed by atoms with E-state index in [9.17, 15) is 29.1 Å². The Kier molecular flexibility index (Phi) is 11.2. The van der Waals surface area contributed by atoms with Crippen molar-refractivity contribution in [3.8, 4) is 11.6 Å². The van der Waals surface area contributed by atoms with Gasteiger partial charge in [-0.1, -0.05) is 12.1 Å². The zero-order valence-corrected chi connectivity index (χ0v) is 26.6. The predicted octanol–water partition coefficient (Wildman–Crippen LogP) is 2.55. The Labute approximate surface area is 266 Å². The van der Waals surface area contributed by atoms with E-state index in [1.807, 2.05) is 32.0 Å². The van der Waals surface area contributed by atoms with E-state index in [1.54, 1.807) is 13.8 Å². The standard InChI is InChI=1S/C31H41N5O10/c1-5-43-29(41)31(12-7-13-31)45-25-19-23(33-36(25)24-18-20(3)8-9-21(24)4)27(39)32-22(10-11-26(37)38)28(40)34-14-16-35(17-15-34)46-30(42)44-6-2/h8-9,18-19,22H,5-7,10-17H2,1-4H3,(H,32,39)(H,37,38)/t22-/m0/s1. The molecule has 1 saturated carbocycles. The molecule has 2 aliphatic rings. The molecule has 2 aromatic rings. The van der Waals surface area contributed by atoms with Crippen LogP contribution in [0.2, 0.25) is 0 Å². The summed E-state index contributed by atoms with van der Waals surface area (Å²) in [6.45, 7) is 8.25. The molecule has 15 heteroatoms. The van der Waals surface area contributed by atoms with Gasteiger partial charge in [-0.2, -0.15) is 9.78 Å². The molecule has 0 spiro atoms. The first-order valence-electron chi connectivity index (χ1n) is 15.4. The zero-order chi connectivity index (χ0) is 33.4. The molecule has 1 aromatic carbocycles. The third-order valence-corrected chi connectivity index (χ3v) is 7.88. The number of carboxylic acid groups (broad SMARTS) is 1. The van der Waals surface area contributed by atoms with E-state index >= 15 is 0 Å². The predicted molar refractivity (Wildman–Crippen MR) is 161 cm³/mol. The topological polar surface area (TPSA) is 179 Å². The molecule has 0 radical (unpaired) electrons. The van der Waals surface area contributed by atoms with Gasteiger partial charge in [0, 0.05) is 25.6 Å². The summed E-state index contributed by atoms with van der Waals surface area (Å²) in [6.07, 6.45) is 0.274. The van der Waals surface area contributed by atoms with Crippen molar-refractivity contribution in [2.24, 2.45) is 0 Å². The van der Waals surface area contributed by atoms with E-state index in [0.717, 1.165) is 17.5 Å². The van der Waals surface area contributed by atoms with Gasteiger partial charge in [0.05, 0.1) is 32.0 Å². The molecule has 1 aromatic heterocycles. The van der Waals surface area contributed by atoms with Crippen LogP contribution in [-0.4, -0.2) is 106 Å². The Morgan fingerprint density at radius 2 is 1.70 bits per heavy atom. The maximum Gasteiger partial charge on any atom is 0.527 e. The first-order valence-corrected chi connectivity index (χ1v) is 15.4. The Hall–Kier alpha value is -4.66. The number of nitrogens with zero attached hydrogens (tertiary/aromatic N) is 4. The number of ether oxygens (including phenoxy) is 3. The van der Waals surface area contributed by atoms with Crippen molar-refractivity contribution in [1.29, 1.82) is 0 Å². The van der Waals surface area contributed by atoms with Crippen LogP contribution in [0.5, 0.6) is 5.88 Å². The Bertz CT molecular complexity index is 1450. The summed E-state index contributed by atoms with van der Waals surface area (Å²) in [6, 6.07) is 5.94. The number of carboxylic acids is 1. The number of carbonyl (C=O) groups excluding carboxylic acids is 4. The molecule has 15 nitrogen and oxygen atoms in total. The number of benzene rings is 1. The van der Waals surface area contributed by atoms with Crippen molar-refractivity contribution in [3.63, 3.8) is 0 Å². The Morgan fingerprint density at radius 1 is 1.00 bits per heavy atom. The van der Waals surface area contributed by atoms with E-state index < -0.39 is 41.6 Å². The van der Waals surface area contributed by atoms with Gasteiger partial charge in [-0.15, -0.1) is 5.06 Å². The van der Waals surface area contributed by atoms with Crippen LogP contribution in [0, 0.1) is 13.8 Å². The van der Waals surface area contributed by atoms with Crippen LogP contribution in [0.1, 0.15) is 67.6 Å². The number of aromatic nitrogens is 2. The molecular formula is C31H41N5O10. The van der Waals surface area contributed by atoms with Crippen molar-refractivity contribution in [1.82, 2.24) is 25.1 Å². The fraction of sp³-hybridized carbons (Fsp3) is 0.548. The number of piperazine rings is 1. The second kappa shape index (κ2) is 15.1. The van der Waals surface area contributed by atoms with Crippen LogP contribution in [0.3, 0.4) is 0 Å². The van der Waals surface area contributed by atoms with Crippen LogP contribution in [0.15, 0.2) is 24.3 Å². The van der Waals surface area contributed by atoms with Gasteiger partial charge >= 0.3 is 18.1 Å². The number of carbonyl (C=O) groups is 5. The van der Waals surface area contributed by atoms with Crippen LogP contribution in [0.25, 0.3) is 5.69 Å². The lowest BCUT2D eigenvalue weighted by Crippen LogP contribution is -2.55. The highest BCUT2D eigenvalue weighted by atomic mass is 16.8. The molecule has 250 valence electrons. The molecule has 46 heavy (non-hydrogen) atoms. The minimum Gasteiger partial charge on any atom is -0.481 e. The largest absolute Gasteiger partial charge is 0.527 e. The highest BCUT2D eigenvalue weighted by Crippen LogP contribution is 2.39.